The maximum absolute atomic E-state index is 13.0. The Labute approximate surface area is 111 Å². The number of hydrogen-bond acceptors (Lipinski definition) is 2. The standard InChI is InChI=1S/C13H19BrFNO/c1-3-16(7-8-17-4-2)10-11-5-6-12(15)9-13(11)14/h5-6,9H,3-4,7-8,10H2,1-2H3. The van der Waals surface area contributed by atoms with Crippen LogP contribution in [0.15, 0.2) is 22.7 Å². The minimum atomic E-state index is -0.210. The summed E-state index contributed by atoms with van der Waals surface area (Å²) in [6.45, 7) is 8.26. The molecule has 1 aromatic rings. The number of benzene rings is 1. The van der Waals surface area contributed by atoms with Gasteiger partial charge in [-0.25, -0.2) is 4.39 Å². The van der Waals surface area contributed by atoms with Crippen LogP contribution in [-0.4, -0.2) is 31.2 Å². The van der Waals surface area contributed by atoms with Gasteiger partial charge in [0.15, 0.2) is 0 Å². The topological polar surface area (TPSA) is 12.5 Å². The Morgan fingerprint density at radius 1 is 1.35 bits per heavy atom. The van der Waals surface area contributed by atoms with Gasteiger partial charge >= 0.3 is 0 Å². The quantitative estimate of drug-likeness (QED) is 0.715. The van der Waals surface area contributed by atoms with E-state index < -0.39 is 0 Å². The number of rotatable bonds is 7. The second-order valence-corrected chi connectivity index (χ2v) is 4.66. The Morgan fingerprint density at radius 3 is 2.71 bits per heavy atom. The van der Waals surface area contributed by atoms with Crippen LogP contribution in [0.5, 0.6) is 0 Å². The van der Waals surface area contributed by atoms with E-state index in [1.54, 1.807) is 0 Å². The van der Waals surface area contributed by atoms with Crippen LogP contribution < -0.4 is 0 Å². The maximum Gasteiger partial charge on any atom is 0.124 e. The molecule has 0 spiro atoms. The Morgan fingerprint density at radius 2 is 2.12 bits per heavy atom. The largest absolute Gasteiger partial charge is 0.380 e. The molecule has 0 saturated heterocycles. The highest BCUT2D eigenvalue weighted by Crippen LogP contribution is 2.19. The van der Waals surface area contributed by atoms with Crippen LogP contribution in [0.2, 0.25) is 0 Å². The van der Waals surface area contributed by atoms with Gasteiger partial charge in [0.2, 0.25) is 0 Å². The van der Waals surface area contributed by atoms with E-state index in [0.717, 1.165) is 42.9 Å². The zero-order valence-corrected chi connectivity index (χ0v) is 12.0. The normalized spacial score (nSPS) is 11.1. The van der Waals surface area contributed by atoms with Crippen molar-refractivity contribution in [3.8, 4) is 0 Å². The molecule has 1 rings (SSSR count). The van der Waals surface area contributed by atoms with E-state index in [1.165, 1.54) is 12.1 Å². The van der Waals surface area contributed by atoms with Gasteiger partial charge in [-0.3, -0.25) is 4.90 Å². The lowest BCUT2D eigenvalue weighted by molar-refractivity contribution is 0.113. The van der Waals surface area contributed by atoms with E-state index in [2.05, 4.69) is 27.8 Å². The minimum Gasteiger partial charge on any atom is -0.380 e. The van der Waals surface area contributed by atoms with Gasteiger partial charge in [-0.2, -0.15) is 0 Å². The van der Waals surface area contributed by atoms with Gasteiger partial charge < -0.3 is 4.74 Å². The number of hydrogen-bond donors (Lipinski definition) is 0. The van der Waals surface area contributed by atoms with Crippen LogP contribution in [0.1, 0.15) is 19.4 Å². The van der Waals surface area contributed by atoms with Crippen molar-refractivity contribution >= 4 is 15.9 Å². The molecule has 4 heteroatoms. The third-order valence-electron chi connectivity index (χ3n) is 2.61. The lowest BCUT2D eigenvalue weighted by Gasteiger charge is -2.20. The molecule has 0 aromatic heterocycles. The first-order chi connectivity index (χ1) is 8.17. The van der Waals surface area contributed by atoms with Crippen LogP contribution in [0.25, 0.3) is 0 Å². The van der Waals surface area contributed by atoms with Crippen LogP contribution in [0.4, 0.5) is 4.39 Å². The van der Waals surface area contributed by atoms with Crippen molar-refractivity contribution in [2.24, 2.45) is 0 Å². The zero-order chi connectivity index (χ0) is 12.7. The summed E-state index contributed by atoms with van der Waals surface area (Å²) >= 11 is 3.39. The molecule has 0 amide bonds. The predicted molar refractivity (Wildman–Crippen MR) is 71.5 cm³/mol. The van der Waals surface area contributed by atoms with E-state index in [1.807, 2.05) is 13.0 Å². The van der Waals surface area contributed by atoms with Crippen molar-refractivity contribution in [1.29, 1.82) is 0 Å². The van der Waals surface area contributed by atoms with Gasteiger partial charge in [0.25, 0.3) is 0 Å². The summed E-state index contributed by atoms with van der Waals surface area (Å²) < 4.78 is 19.1. The molecular weight excluding hydrogens is 285 g/mol. The molecule has 17 heavy (non-hydrogen) atoms. The van der Waals surface area contributed by atoms with Crippen molar-refractivity contribution in [1.82, 2.24) is 4.90 Å². The first kappa shape index (κ1) is 14.6. The number of likely N-dealkylation sites (N-methyl/N-ethyl adjacent to an activating group) is 1. The summed E-state index contributed by atoms with van der Waals surface area (Å²) in [4.78, 5) is 2.27. The van der Waals surface area contributed by atoms with Crippen molar-refractivity contribution in [3.05, 3.63) is 34.1 Å². The molecule has 0 saturated carbocycles. The first-order valence-electron chi connectivity index (χ1n) is 5.91. The van der Waals surface area contributed by atoms with Gasteiger partial charge in [-0.15, -0.1) is 0 Å². The van der Waals surface area contributed by atoms with Gasteiger partial charge in [0, 0.05) is 24.2 Å². The summed E-state index contributed by atoms with van der Waals surface area (Å²) in [6.07, 6.45) is 0. The minimum absolute atomic E-state index is 0.210. The number of nitrogens with zero attached hydrogens (tertiary/aromatic N) is 1. The zero-order valence-electron chi connectivity index (χ0n) is 10.4. The van der Waals surface area contributed by atoms with Gasteiger partial charge in [-0.1, -0.05) is 28.9 Å². The molecule has 0 unspecified atom stereocenters. The lowest BCUT2D eigenvalue weighted by atomic mass is 10.2. The predicted octanol–water partition coefficient (Wildman–Crippen LogP) is 3.45. The van der Waals surface area contributed by atoms with Crippen LogP contribution in [0.3, 0.4) is 0 Å². The Balaban J connectivity index is 2.54. The highest BCUT2D eigenvalue weighted by Gasteiger charge is 2.07. The molecule has 0 aliphatic heterocycles. The molecule has 1 aromatic carbocycles. The monoisotopic (exact) mass is 303 g/mol. The third kappa shape index (κ3) is 5.15. The molecular formula is C13H19BrFNO. The summed E-state index contributed by atoms with van der Waals surface area (Å²) in [5.41, 5.74) is 1.10. The lowest BCUT2D eigenvalue weighted by Crippen LogP contribution is -2.27. The van der Waals surface area contributed by atoms with Crippen molar-refractivity contribution in [2.45, 2.75) is 20.4 Å². The van der Waals surface area contributed by atoms with E-state index in [0.29, 0.717) is 0 Å². The Kier molecular flexibility index (Phi) is 6.70. The van der Waals surface area contributed by atoms with Crippen LogP contribution in [0, 0.1) is 5.82 Å². The molecule has 0 N–H and O–H groups in total. The van der Waals surface area contributed by atoms with Gasteiger partial charge in [0.05, 0.1) is 6.61 Å². The summed E-state index contributed by atoms with van der Waals surface area (Å²) in [5, 5.41) is 0. The fourth-order valence-electron chi connectivity index (χ4n) is 1.58. The van der Waals surface area contributed by atoms with E-state index >= 15 is 0 Å². The molecule has 0 bridgehead atoms. The SMILES string of the molecule is CCOCCN(CC)Cc1ccc(F)cc1Br. The van der Waals surface area contributed by atoms with E-state index in [-0.39, 0.29) is 5.82 Å². The third-order valence-corrected chi connectivity index (χ3v) is 3.35. The van der Waals surface area contributed by atoms with Crippen molar-refractivity contribution in [2.75, 3.05) is 26.3 Å². The van der Waals surface area contributed by atoms with E-state index in [4.69, 9.17) is 4.74 Å². The van der Waals surface area contributed by atoms with Crippen LogP contribution in [-0.2, 0) is 11.3 Å². The molecule has 0 aliphatic carbocycles. The molecule has 0 radical (unpaired) electrons. The highest BCUT2D eigenvalue weighted by molar-refractivity contribution is 9.10. The smallest absolute Gasteiger partial charge is 0.124 e. The summed E-state index contributed by atoms with van der Waals surface area (Å²) in [5.74, 6) is -0.210. The number of halogens is 2. The average Bonchev–Trinajstić information content (AvgIpc) is 2.31. The van der Waals surface area contributed by atoms with Gasteiger partial charge in [-0.05, 0) is 31.2 Å². The number of ether oxygens (including phenoxy) is 1. The summed E-state index contributed by atoms with van der Waals surface area (Å²) in [7, 11) is 0. The average molecular weight is 304 g/mol. The molecule has 0 aliphatic rings. The molecule has 0 heterocycles. The van der Waals surface area contributed by atoms with Crippen molar-refractivity contribution in [3.63, 3.8) is 0 Å². The molecule has 0 fully saturated rings. The first-order valence-corrected chi connectivity index (χ1v) is 6.70. The maximum atomic E-state index is 13.0. The second-order valence-electron chi connectivity index (χ2n) is 3.80. The summed E-state index contributed by atoms with van der Waals surface area (Å²) in [6, 6.07) is 4.82. The Hall–Kier alpha value is -0.450. The van der Waals surface area contributed by atoms with Gasteiger partial charge in [0.1, 0.15) is 5.82 Å². The molecule has 2 nitrogen and oxygen atoms in total. The molecule has 96 valence electrons. The fraction of sp³-hybridized carbons (Fsp3) is 0.538. The molecule has 0 atom stereocenters. The Bertz CT molecular complexity index is 346. The highest BCUT2D eigenvalue weighted by atomic mass is 79.9. The van der Waals surface area contributed by atoms with Crippen LogP contribution >= 0.6 is 15.9 Å². The fourth-order valence-corrected chi connectivity index (χ4v) is 2.05. The van der Waals surface area contributed by atoms with E-state index in [9.17, 15) is 4.39 Å². The van der Waals surface area contributed by atoms with Crippen molar-refractivity contribution < 1.29 is 9.13 Å². The second kappa shape index (κ2) is 7.80.